The maximum atomic E-state index is 12.5. The summed E-state index contributed by atoms with van der Waals surface area (Å²) in [5, 5.41) is 5.63. The molecule has 3 aromatic rings. The van der Waals surface area contributed by atoms with E-state index in [-0.39, 0.29) is 11.8 Å². The van der Waals surface area contributed by atoms with Crippen LogP contribution in [0.4, 0.5) is 11.5 Å². The normalized spacial score (nSPS) is 10.2. The van der Waals surface area contributed by atoms with Crippen molar-refractivity contribution in [3.05, 3.63) is 89.1 Å². The van der Waals surface area contributed by atoms with Crippen LogP contribution in [0.2, 0.25) is 0 Å². The molecular weight excluding hydrogens is 326 g/mol. The molecule has 130 valence electrons. The highest BCUT2D eigenvalue weighted by Gasteiger charge is 2.12. The third-order valence-electron chi connectivity index (χ3n) is 3.91. The van der Waals surface area contributed by atoms with E-state index in [2.05, 4.69) is 15.6 Å². The first-order chi connectivity index (χ1) is 12.5. The zero-order chi connectivity index (χ0) is 18.5. The number of carbonyl (C=O) groups is 2. The van der Waals surface area contributed by atoms with Gasteiger partial charge in [0.1, 0.15) is 5.82 Å². The molecule has 3 rings (SSSR count). The van der Waals surface area contributed by atoms with Crippen molar-refractivity contribution in [3.8, 4) is 0 Å². The molecule has 2 aromatic carbocycles. The van der Waals surface area contributed by atoms with E-state index in [0.717, 1.165) is 11.3 Å². The number of pyridine rings is 1. The van der Waals surface area contributed by atoms with Gasteiger partial charge >= 0.3 is 0 Å². The molecule has 0 saturated carbocycles. The highest BCUT2D eigenvalue weighted by Crippen LogP contribution is 2.19. The van der Waals surface area contributed by atoms with E-state index in [0.29, 0.717) is 22.6 Å². The van der Waals surface area contributed by atoms with Crippen LogP contribution in [0.3, 0.4) is 0 Å². The summed E-state index contributed by atoms with van der Waals surface area (Å²) < 4.78 is 0. The number of nitrogens with zero attached hydrogens (tertiary/aromatic N) is 1. The summed E-state index contributed by atoms with van der Waals surface area (Å²) >= 11 is 0. The number of benzene rings is 2. The molecular formula is C21H19N3O2. The Morgan fingerprint density at radius 2 is 1.50 bits per heavy atom. The van der Waals surface area contributed by atoms with Gasteiger partial charge in [0.2, 0.25) is 0 Å². The van der Waals surface area contributed by atoms with Crippen LogP contribution in [-0.4, -0.2) is 16.8 Å². The van der Waals surface area contributed by atoms with Crippen molar-refractivity contribution in [2.45, 2.75) is 13.8 Å². The first-order valence-electron chi connectivity index (χ1n) is 8.25. The molecule has 0 fully saturated rings. The van der Waals surface area contributed by atoms with Gasteiger partial charge in [0.05, 0.1) is 0 Å². The molecule has 5 nitrogen and oxygen atoms in total. The molecule has 2 N–H and O–H groups in total. The highest BCUT2D eigenvalue weighted by molar-refractivity contribution is 6.07. The van der Waals surface area contributed by atoms with E-state index in [1.807, 2.05) is 32.0 Å². The van der Waals surface area contributed by atoms with E-state index >= 15 is 0 Å². The van der Waals surface area contributed by atoms with Gasteiger partial charge in [0.15, 0.2) is 0 Å². The van der Waals surface area contributed by atoms with Crippen LogP contribution in [0.1, 0.15) is 32.0 Å². The number of aromatic nitrogens is 1. The van der Waals surface area contributed by atoms with Crippen LogP contribution in [0.25, 0.3) is 0 Å². The highest BCUT2D eigenvalue weighted by atomic mass is 16.2. The summed E-state index contributed by atoms with van der Waals surface area (Å²) in [5.74, 6) is -0.00429. The van der Waals surface area contributed by atoms with Gasteiger partial charge in [-0.15, -0.1) is 0 Å². The number of rotatable bonds is 4. The van der Waals surface area contributed by atoms with Crippen LogP contribution < -0.4 is 10.6 Å². The maximum absolute atomic E-state index is 12.5. The SMILES string of the molecule is Cc1cccc(NC(=O)c2ccc(C)c(NC(=O)c3ccccc3)c2)n1. The first kappa shape index (κ1) is 17.4. The predicted molar refractivity (Wildman–Crippen MR) is 103 cm³/mol. The topological polar surface area (TPSA) is 71.1 Å². The smallest absolute Gasteiger partial charge is 0.256 e. The second-order valence-electron chi connectivity index (χ2n) is 5.97. The second kappa shape index (κ2) is 7.61. The van der Waals surface area contributed by atoms with Crippen molar-refractivity contribution in [2.24, 2.45) is 0 Å². The lowest BCUT2D eigenvalue weighted by atomic mass is 10.1. The van der Waals surface area contributed by atoms with E-state index in [4.69, 9.17) is 0 Å². The number of carbonyl (C=O) groups excluding carboxylic acids is 2. The summed E-state index contributed by atoms with van der Waals surface area (Å²) in [6.07, 6.45) is 0. The Hall–Kier alpha value is -3.47. The fraction of sp³-hybridized carbons (Fsp3) is 0.0952. The molecule has 1 heterocycles. The zero-order valence-electron chi connectivity index (χ0n) is 14.6. The van der Waals surface area contributed by atoms with E-state index in [9.17, 15) is 9.59 Å². The van der Waals surface area contributed by atoms with Crippen LogP contribution in [0, 0.1) is 13.8 Å². The Kier molecular flexibility index (Phi) is 5.08. The van der Waals surface area contributed by atoms with Crippen molar-refractivity contribution in [1.29, 1.82) is 0 Å². The molecule has 26 heavy (non-hydrogen) atoms. The molecule has 0 bridgehead atoms. The average molecular weight is 345 g/mol. The Morgan fingerprint density at radius 3 is 2.23 bits per heavy atom. The van der Waals surface area contributed by atoms with Crippen molar-refractivity contribution in [3.63, 3.8) is 0 Å². The van der Waals surface area contributed by atoms with Gasteiger partial charge < -0.3 is 10.6 Å². The maximum Gasteiger partial charge on any atom is 0.256 e. The average Bonchev–Trinajstić information content (AvgIpc) is 2.64. The number of aryl methyl sites for hydroxylation is 2. The molecule has 2 amide bonds. The third kappa shape index (κ3) is 4.13. The molecule has 0 aliphatic rings. The Balaban J connectivity index is 1.79. The Bertz CT molecular complexity index is 952. The Labute approximate surface area is 152 Å². The van der Waals surface area contributed by atoms with E-state index in [1.54, 1.807) is 48.5 Å². The minimum atomic E-state index is -0.279. The van der Waals surface area contributed by atoms with Crippen LogP contribution in [0.15, 0.2) is 66.7 Å². The van der Waals surface area contributed by atoms with Gasteiger partial charge in [-0.1, -0.05) is 30.3 Å². The zero-order valence-corrected chi connectivity index (χ0v) is 14.6. The number of hydrogen-bond acceptors (Lipinski definition) is 3. The van der Waals surface area contributed by atoms with Gasteiger partial charge in [-0.25, -0.2) is 4.98 Å². The fourth-order valence-corrected chi connectivity index (χ4v) is 2.48. The second-order valence-corrected chi connectivity index (χ2v) is 5.97. The summed E-state index contributed by atoms with van der Waals surface area (Å²) in [5.41, 5.74) is 3.30. The van der Waals surface area contributed by atoms with Crippen molar-refractivity contribution < 1.29 is 9.59 Å². The van der Waals surface area contributed by atoms with Crippen molar-refractivity contribution in [1.82, 2.24) is 4.98 Å². The van der Waals surface area contributed by atoms with Gasteiger partial charge in [0, 0.05) is 22.5 Å². The molecule has 1 aromatic heterocycles. The summed E-state index contributed by atoms with van der Waals surface area (Å²) in [4.78, 5) is 29.1. The van der Waals surface area contributed by atoms with Gasteiger partial charge in [-0.2, -0.15) is 0 Å². The largest absolute Gasteiger partial charge is 0.322 e. The molecule has 0 aliphatic carbocycles. The van der Waals surface area contributed by atoms with Crippen LogP contribution >= 0.6 is 0 Å². The molecule has 0 radical (unpaired) electrons. The van der Waals surface area contributed by atoms with Gasteiger partial charge in [0.25, 0.3) is 11.8 Å². The lowest BCUT2D eigenvalue weighted by Crippen LogP contribution is -2.16. The van der Waals surface area contributed by atoms with Crippen molar-refractivity contribution in [2.75, 3.05) is 10.6 Å². The molecule has 0 unspecified atom stereocenters. The minimum Gasteiger partial charge on any atom is -0.322 e. The van der Waals surface area contributed by atoms with E-state index in [1.165, 1.54) is 0 Å². The van der Waals surface area contributed by atoms with Crippen LogP contribution in [0.5, 0.6) is 0 Å². The Morgan fingerprint density at radius 1 is 0.769 bits per heavy atom. The summed E-state index contributed by atoms with van der Waals surface area (Å²) in [6.45, 7) is 3.74. The fourth-order valence-electron chi connectivity index (χ4n) is 2.48. The summed E-state index contributed by atoms with van der Waals surface area (Å²) in [6, 6.07) is 19.6. The quantitative estimate of drug-likeness (QED) is 0.744. The molecule has 0 saturated heterocycles. The first-order valence-corrected chi connectivity index (χ1v) is 8.25. The third-order valence-corrected chi connectivity index (χ3v) is 3.91. The number of hydrogen-bond donors (Lipinski definition) is 2. The predicted octanol–water partition coefficient (Wildman–Crippen LogP) is 4.20. The number of nitrogens with one attached hydrogen (secondary N) is 2. The molecule has 0 aliphatic heterocycles. The summed E-state index contributed by atoms with van der Waals surface area (Å²) in [7, 11) is 0. The number of amides is 2. The molecule has 5 heteroatoms. The van der Waals surface area contributed by atoms with Crippen LogP contribution in [-0.2, 0) is 0 Å². The van der Waals surface area contributed by atoms with Crippen molar-refractivity contribution >= 4 is 23.3 Å². The number of anilines is 2. The monoisotopic (exact) mass is 345 g/mol. The van der Waals surface area contributed by atoms with Gasteiger partial charge in [-0.3, -0.25) is 9.59 Å². The molecule has 0 spiro atoms. The van der Waals surface area contributed by atoms with Gasteiger partial charge in [-0.05, 0) is 55.8 Å². The lowest BCUT2D eigenvalue weighted by Gasteiger charge is -2.11. The van der Waals surface area contributed by atoms with E-state index < -0.39 is 0 Å². The molecule has 0 atom stereocenters. The lowest BCUT2D eigenvalue weighted by molar-refractivity contribution is 0.101. The minimum absolute atomic E-state index is 0.216. The standard InChI is InChI=1S/C21H19N3O2/c1-14-11-12-17(21(26)24-19-10-6-7-15(2)22-19)13-18(14)23-20(25)16-8-4-3-5-9-16/h3-13H,1-2H3,(H,23,25)(H,22,24,26).